The molecular formula is C14H18N2OSi. The Hall–Kier alpha value is -1.68. The van der Waals surface area contributed by atoms with E-state index in [1.807, 2.05) is 43.6 Å². The maximum Gasteiger partial charge on any atom is 0.210 e. The SMILES string of the molecule is Cn1ncc([Si](C)(C)C)c1C(=O)c1ccccc1. The fourth-order valence-electron chi connectivity index (χ4n) is 1.98. The highest BCUT2D eigenvalue weighted by Gasteiger charge is 2.27. The van der Waals surface area contributed by atoms with Crippen LogP contribution in [0, 0.1) is 0 Å². The largest absolute Gasteiger partial charge is 0.287 e. The number of carbonyl (C=O) groups is 1. The molecule has 4 heteroatoms. The quantitative estimate of drug-likeness (QED) is 0.625. The number of aromatic nitrogens is 2. The first-order chi connectivity index (χ1) is 8.41. The standard InChI is InChI=1S/C14H18N2OSi/c1-16-13(12(10-15-16)18(2,3)4)14(17)11-8-6-5-7-9-11/h5-10H,1-4H3. The van der Waals surface area contributed by atoms with Crippen LogP contribution in [0.2, 0.25) is 19.6 Å². The Morgan fingerprint density at radius 1 is 1.17 bits per heavy atom. The molecule has 0 radical (unpaired) electrons. The lowest BCUT2D eigenvalue weighted by Gasteiger charge is -2.16. The van der Waals surface area contributed by atoms with Crippen molar-refractivity contribution in [1.82, 2.24) is 9.78 Å². The number of hydrogen-bond donors (Lipinski definition) is 0. The summed E-state index contributed by atoms with van der Waals surface area (Å²) in [6, 6.07) is 9.39. The van der Waals surface area contributed by atoms with Crippen molar-refractivity contribution in [3.8, 4) is 0 Å². The van der Waals surface area contributed by atoms with Crippen molar-refractivity contribution < 1.29 is 4.79 Å². The molecule has 0 atom stereocenters. The minimum atomic E-state index is -1.56. The molecule has 0 fully saturated rings. The number of aryl methyl sites for hydroxylation is 1. The molecule has 0 saturated carbocycles. The molecular weight excluding hydrogens is 240 g/mol. The maximum atomic E-state index is 12.6. The third-order valence-corrected chi connectivity index (χ3v) is 4.98. The molecule has 0 bridgehead atoms. The average molecular weight is 258 g/mol. The Morgan fingerprint density at radius 2 is 1.78 bits per heavy atom. The van der Waals surface area contributed by atoms with E-state index >= 15 is 0 Å². The average Bonchev–Trinajstić information content (AvgIpc) is 2.71. The summed E-state index contributed by atoms with van der Waals surface area (Å²) >= 11 is 0. The first kappa shape index (κ1) is 12.8. The molecule has 2 rings (SSSR count). The molecule has 1 heterocycles. The number of nitrogens with zero attached hydrogens (tertiary/aromatic N) is 2. The molecule has 0 aliphatic rings. The van der Waals surface area contributed by atoms with Gasteiger partial charge in [-0.15, -0.1) is 0 Å². The summed E-state index contributed by atoms with van der Waals surface area (Å²) in [6.45, 7) is 6.68. The molecule has 3 nitrogen and oxygen atoms in total. The van der Waals surface area contributed by atoms with Gasteiger partial charge in [-0.05, 0) is 5.19 Å². The Labute approximate surface area is 108 Å². The van der Waals surface area contributed by atoms with Crippen LogP contribution in [-0.4, -0.2) is 23.6 Å². The Kier molecular flexibility index (Phi) is 3.21. The van der Waals surface area contributed by atoms with E-state index in [0.717, 1.165) is 16.4 Å². The van der Waals surface area contributed by atoms with Gasteiger partial charge >= 0.3 is 0 Å². The van der Waals surface area contributed by atoms with Gasteiger partial charge in [0.15, 0.2) is 0 Å². The van der Waals surface area contributed by atoms with Gasteiger partial charge in [0, 0.05) is 18.8 Å². The van der Waals surface area contributed by atoms with E-state index in [2.05, 4.69) is 24.7 Å². The molecule has 0 saturated heterocycles. The summed E-state index contributed by atoms with van der Waals surface area (Å²) in [5.74, 6) is 0.0630. The van der Waals surface area contributed by atoms with Crippen LogP contribution in [-0.2, 0) is 7.05 Å². The number of benzene rings is 1. The van der Waals surface area contributed by atoms with E-state index in [-0.39, 0.29) is 5.78 Å². The normalized spacial score (nSPS) is 11.6. The molecule has 0 aliphatic carbocycles. The molecule has 0 unspecified atom stereocenters. The first-order valence-electron chi connectivity index (χ1n) is 6.03. The van der Waals surface area contributed by atoms with Gasteiger partial charge in [0.25, 0.3) is 0 Å². The zero-order valence-corrected chi connectivity index (χ0v) is 12.3. The lowest BCUT2D eigenvalue weighted by atomic mass is 10.1. The maximum absolute atomic E-state index is 12.6. The summed E-state index contributed by atoms with van der Waals surface area (Å²) < 4.78 is 1.70. The molecule has 94 valence electrons. The van der Waals surface area contributed by atoms with Crippen LogP contribution in [0.25, 0.3) is 0 Å². The number of hydrogen-bond acceptors (Lipinski definition) is 2. The molecule has 1 aromatic carbocycles. The van der Waals surface area contributed by atoms with Crippen LogP contribution in [0.5, 0.6) is 0 Å². The highest BCUT2D eigenvalue weighted by Crippen LogP contribution is 2.11. The van der Waals surface area contributed by atoms with Crippen molar-refractivity contribution in [2.75, 3.05) is 0 Å². The van der Waals surface area contributed by atoms with Crippen LogP contribution >= 0.6 is 0 Å². The second-order valence-corrected chi connectivity index (χ2v) is 10.5. The van der Waals surface area contributed by atoms with Crippen LogP contribution in [0.15, 0.2) is 36.5 Å². The van der Waals surface area contributed by atoms with Crippen LogP contribution in [0.1, 0.15) is 16.1 Å². The van der Waals surface area contributed by atoms with E-state index in [9.17, 15) is 4.79 Å². The molecule has 0 amide bonds. The van der Waals surface area contributed by atoms with Crippen molar-refractivity contribution in [1.29, 1.82) is 0 Å². The second kappa shape index (κ2) is 4.53. The predicted octanol–water partition coefficient (Wildman–Crippen LogP) is 2.20. The van der Waals surface area contributed by atoms with E-state index < -0.39 is 8.07 Å². The highest BCUT2D eigenvalue weighted by atomic mass is 28.3. The van der Waals surface area contributed by atoms with Crippen molar-refractivity contribution in [2.24, 2.45) is 7.05 Å². The molecule has 0 aliphatic heterocycles. The zero-order chi connectivity index (χ0) is 13.3. The van der Waals surface area contributed by atoms with Crippen molar-refractivity contribution in [2.45, 2.75) is 19.6 Å². The van der Waals surface area contributed by atoms with Crippen LogP contribution in [0.3, 0.4) is 0 Å². The highest BCUT2D eigenvalue weighted by molar-refractivity contribution is 6.89. The summed E-state index contributed by atoms with van der Waals surface area (Å²) in [6.07, 6.45) is 1.85. The first-order valence-corrected chi connectivity index (χ1v) is 9.53. The minimum absolute atomic E-state index is 0.0630. The topological polar surface area (TPSA) is 34.9 Å². The summed E-state index contributed by atoms with van der Waals surface area (Å²) in [7, 11) is 0.276. The minimum Gasteiger partial charge on any atom is -0.287 e. The van der Waals surface area contributed by atoms with Crippen molar-refractivity contribution >= 4 is 19.0 Å². The molecule has 1 aromatic heterocycles. The number of ketones is 1. The molecule has 0 N–H and O–H groups in total. The second-order valence-electron chi connectivity index (χ2n) is 5.48. The molecule has 18 heavy (non-hydrogen) atoms. The third kappa shape index (κ3) is 2.29. The van der Waals surface area contributed by atoms with E-state index in [0.29, 0.717) is 0 Å². The summed E-state index contributed by atoms with van der Waals surface area (Å²) in [5, 5.41) is 5.38. The van der Waals surface area contributed by atoms with Gasteiger partial charge in [-0.1, -0.05) is 50.0 Å². The predicted molar refractivity (Wildman–Crippen MR) is 76.1 cm³/mol. The zero-order valence-electron chi connectivity index (χ0n) is 11.3. The van der Waals surface area contributed by atoms with Gasteiger partial charge in [-0.3, -0.25) is 9.48 Å². The van der Waals surface area contributed by atoms with Gasteiger partial charge in [-0.25, -0.2) is 0 Å². The fraction of sp³-hybridized carbons (Fsp3) is 0.286. The smallest absolute Gasteiger partial charge is 0.210 e. The Balaban J connectivity index is 2.52. The number of carbonyl (C=O) groups excluding carboxylic acids is 1. The van der Waals surface area contributed by atoms with Gasteiger partial charge < -0.3 is 0 Å². The lowest BCUT2D eigenvalue weighted by Crippen LogP contribution is -2.40. The third-order valence-electron chi connectivity index (χ3n) is 3.00. The van der Waals surface area contributed by atoms with Gasteiger partial charge in [0.1, 0.15) is 5.69 Å². The van der Waals surface area contributed by atoms with E-state index in [1.165, 1.54) is 0 Å². The van der Waals surface area contributed by atoms with Crippen LogP contribution in [0.4, 0.5) is 0 Å². The fourth-order valence-corrected chi connectivity index (χ4v) is 3.41. The van der Waals surface area contributed by atoms with Gasteiger partial charge in [0.2, 0.25) is 5.78 Å². The van der Waals surface area contributed by atoms with Crippen molar-refractivity contribution in [3.05, 3.63) is 47.8 Å². The van der Waals surface area contributed by atoms with E-state index in [1.54, 1.807) is 4.68 Å². The Morgan fingerprint density at radius 3 is 2.33 bits per heavy atom. The van der Waals surface area contributed by atoms with Gasteiger partial charge in [-0.2, -0.15) is 5.10 Å². The summed E-state index contributed by atoms with van der Waals surface area (Å²) in [5.41, 5.74) is 1.46. The van der Waals surface area contributed by atoms with E-state index in [4.69, 9.17) is 0 Å². The monoisotopic (exact) mass is 258 g/mol. The lowest BCUT2D eigenvalue weighted by molar-refractivity contribution is 0.103. The molecule has 2 aromatic rings. The summed E-state index contributed by atoms with van der Waals surface area (Å²) in [4.78, 5) is 12.6. The number of rotatable bonds is 3. The van der Waals surface area contributed by atoms with Crippen LogP contribution < -0.4 is 5.19 Å². The molecule has 0 spiro atoms. The Bertz CT molecular complexity index is 567. The van der Waals surface area contributed by atoms with Crippen molar-refractivity contribution in [3.63, 3.8) is 0 Å². The van der Waals surface area contributed by atoms with Gasteiger partial charge in [0.05, 0.1) is 8.07 Å².